The lowest BCUT2D eigenvalue weighted by Gasteiger charge is -2.17. The van der Waals surface area contributed by atoms with Crippen molar-refractivity contribution in [3.63, 3.8) is 0 Å². The third kappa shape index (κ3) is 7.30. The number of aliphatic imine (C=N–C) groups is 1. The molecule has 0 aliphatic carbocycles. The molecule has 1 unspecified atom stereocenters. The van der Waals surface area contributed by atoms with Crippen LogP contribution >= 0.6 is 24.0 Å². The van der Waals surface area contributed by atoms with Crippen LogP contribution in [-0.2, 0) is 22.8 Å². The smallest absolute Gasteiger partial charge is 0.191 e. The molecule has 2 N–H and O–H groups in total. The molecule has 0 radical (unpaired) electrons. The van der Waals surface area contributed by atoms with E-state index in [1.165, 1.54) is 0 Å². The van der Waals surface area contributed by atoms with Crippen molar-refractivity contribution < 1.29 is 8.42 Å². The van der Waals surface area contributed by atoms with Crippen molar-refractivity contribution in [1.82, 2.24) is 25.4 Å². The summed E-state index contributed by atoms with van der Waals surface area (Å²) in [4.78, 5) is 4.46. The van der Waals surface area contributed by atoms with Crippen LogP contribution in [0.4, 0.5) is 0 Å². The Kier molecular flexibility index (Phi) is 8.83. The summed E-state index contributed by atoms with van der Waals surface area (Å²) in [6.45, 7) is 9.65. The van der Waals surface area contributed by atoms with E-state index in [0.29, 0.717) is 32.0 Å². The van der Waals surface area contributed by atoms with Crippen molar-refractivity contribution >= 4 is 39.8 Å². The number of hydrogen-bond donors (Lipinski definition) is 2. The Hall–Kier alpha value is -1.17. The monoisotopic (exact) mass is 482 g/mol. The SMILES string of the molecule is C=C(C)CN=C(NCCn1cnnc1CC)NC1CCS(=O)(=O)C1.I. The van der Waals surface area contributed by atoms with Gasteiger partial charge in [-0.25, -0.2) is 13.4 Å². The van der Waals surface area contributed by atoms with Crippen molar-refractivity contribution in [2.75, 3.05) is 24.6 Å². The molecule has 1 saturated heterocycles. The third-order valence-corrected chi connectivity index (χ3v) is 5.51. The molecule has 10 heteroatoms. The number of rotatable bonds is 7. The molecule has 1 fully saturated rings. The van der Waals surface area contributed by atoms with Crippen LogP contribution in [-0.4, -0.2) is 59.8 Å². The summed E-state index contributed by atoms with van der Waals surface area (Å²) in [6.07, 6.45) is 3.15. The molecule has 2 rings (SSSR count). The first kappa shape index (κ1) is 21.9. The summed E-state index contributed by atoms with van der Waals surface area (Å²) in [5.41, 5.74) is 0.947. The zero-order valence-electron chi connectivity index (χ0n) is 14.7. The van der Waals surface area contributed by atoms with Gasteiger partial charge >= 0.3 is 0 Å². The van der Waals surface area contributed by atoms with Crippen LogP contribution < -0.4 is 10.6 Å². The zero-order chi connectivity index (χ0) is 17.6. The molecule has 1 aromatic heterocycles. The Morgan fingerprint density at radius 2 is 2.28 bits per heavy atom. The van der Waals surface area contributed by atoms with Crippen molar-refractivity contribution in [1.29, 1.82) is 0 Å². The van der Waals surface area contributed by atoms with Gasteiger partial charge in [-0.05, 0) is 13.3 Å². The molecule has 0 aromatic carbocycles. The summed E-state index contributed by atoms with van der Waals surface area (Å²) in [7, 11) is -2.92. The minimum Gasteiger partial charge on any atom is -0.355 e. The van der Waals surface area contributed by atoms with E-state index in [2.05, 4.69) is 32.4 Å². The fourth-order valence-electron chi connectivity index (χ4n) is 2.50. The zero-order valence-corrected chi connectivity index (χ0v) is 17.9. The normalized spacial score (nSPS) is 19.3. The van der Waals surface area contributed by atoms with Gasteiger partial charge in [0.1, 0.15) is 12.2 Å². The number of halogens is 1. The van der Waals surface area contributed by atoms with Crippen LogP contribution in [0.3, 0.4) is 0 Å². The second-order valence-electron chi connectivity index (χ2n) is 6.09. The van der Waals surface area contributed by atoms with Crippen LogP contribution in [0, 0.1) is 0 Å². The van der Waals surface area contributed by atoms with E-state index in [4.69, 9.17) is 0 Å². The highest BCUT2D eigenvalue weighted by atomic mass is 127. The first-order chi connectivity index (χ1) is 11.4. The van der Waals surface area contributed by atoms with Crippen LogP contribution in [0.5, 0.6) is 0 Å². The Balaban J connectivity index is 0.00000312. The lowest BCUT2D eigenvalue weighted by atomic mass is 10.3. The average Bonchev–Trinajstić information content (AvgIpc) is 3.10. The second kappa shape index (κ2) is 10.1. The molecule has 2 heterocycles. The quantitative estimate of drug-likeness (QED) is 0.258. The predicted molar refractivity (Wildman–Crippen MR) is 110 cm³/mol. The van der Waals surface area contributed by atoms with Gasteiger partial charge in [-0.2, -0.15) is 0 Å². The van der Waals surface area contributed by atoms with Gasteiger partial charge in [-0.3, -0.25) is 0 Å². The highest BCUT2D eigenvalue weighted by Gasteiger charge is 2.28. The Morgan fingerprint density at radius 1 is 1.52 bits per heavy atom. The summed E-state index contributed by atoms with van der Waals surface area (Å²) in [5, 5.41) is 14.4. The fourth-order valence-corrected chi connectivity index (χ4v) is 4.18. The van der Waals surface area contributed by atoms with E-state index < -0.39 is 9.84 Å². The summed E-state index contributed by atoms with van der Waals surface area (Å²) in [5.74, 6) is 1.95. The molecule has 0 spiro atoms. The summed E-state index contributed by atoms with van der Waals surface area (Å²) in [6, 6.07) is -0.0903. The first-order valence-corrected chi connectivity index (χ1v) is 9.98. The summed E-state index contributed by atoms with van der Waals surface area (Å²) < 4.78 is 25.2. The highest BCUT2D eigenvalue weighted by Crippen LogP contribution is 2.11. The predicted octanol–water partition coefficient (Wildman–Crippen LogP) is 0.757. The first-order valence-electron chi connectivity index (χ1n) is 8.16. The number of guanidine groups is 1. The maximum Gasteiger partial charge on any atom is 0.191 e. The van der Waals surface area contributed by atoms with E-state index in [9.17, 15) is 8.42 Å². The minimum atomic E-state index is -2.92. The maximum absolute atomic E-state index is 11.6. The van der Waals surface area contributed by atoms with Gasteiger partial charge < -0.3 is 15.2 Å². The van der Waals surface area contributed by atoms with E-state index in [0.717, 1.165) is 17.8 Å². The molecule has 0 bridgehead atoms. The van der Waals surface area contributed by atoms with Crippen LogP contribution in [0.25, 0.3) is 0 Å². The Labute approximate surface area is 166 Å². The maximum atomic E-state index is 11.6. The van der Waals surface area contributed by atoms with E-state index in [-0.39, 0.29) is 41.5 Å². The molecular formula is C15H27IN6O2S. The van der Waals surface area contributed by atoms with Crippen LogP contribution in [0.1, 0.15) is 26.1 Å². The number of sulfone groups is 1. The number of aromatic nitrogens is 3. The van der Waals surface area contributed by atoms with Crippen LogP contribution in [0.2, 0.25) is 0 Å². The molecule has 0 saturated carbocycles. The molecule has 1 aromatic rings. The minimum absolute atomic E-state index is 0. The standard InChI is InChI=1S/C15H26N6O2S.HI/c1-4-14-20-18-11-21(14)7-6-16-15(17-9-12(2)3)19-13-5-8-24(22,23)10-13;/h11,13H,2,4-10H2,1,3H3,(H2,16,17,19);1H. The lowest BCUT2D eigenvalue weighted by Crippen LogP contribution is -2.45. The van der Waals surface area contributed by atoms with Crippen LogP contribution in [0.15, 0.2) is 23.5 Å². The molecule has 142 valence electrons. The highest BCUT2D eigenvalue weighted by molar-refractivity contribution is 14.0. The summed E-state index contributed by atoms with van der Waals surface area (Å²) >= 11 is 0. The van der Waals surface area contributed by atoms with Gasteiger partial charge in [-0.1, -0.05) is 19.1 Å². The van der Waals surface area contributed by atoms with Gasteiger partial charge in [0.05, 0.1) is 18.1 Å². The lowest BCUT2D eigenvalue weighted by molar-refractivity contribution is 0.597. The third-order valence-electron chi connectivity index (χ3n) is 3.74. The average molecular weight is 482 g/mol. The van der Waals surface area contributed by atoms with E-state index in [1.54, 1.807) is 6.33 Å². The fraction of sp³-hybridized carbons (Fsp3) is 0.667. The molecule has 1 aliphatic heterocycles. The molecule has 25 heavy (non-hydrogen) atoms. The molecule has 0 amide bonds. The molecule has 1 atom stereocenters. The molecule has 1 aliphatic rings. The number of aryl methyl sites for hydroxylation is 1. The molecular weight excluding hydrogens is 455 g/mol. The Morgan fingerprint density at radius 3 is 2.88 bits per heavy atom. The van der Waals surface area contributed by atoms with Gasteiger partial charge in [0.2, 0.25) is 0 Å². The topological polar surface area (TPSA) is 101 Å². The van der Waals surface area contributed by atoms with Gasteiger partial charge in [-0.15, -0.1) is 34.2 Å². The molecule has 8 nitrogen and oxygen atoms in total. The van der Waals surface area contributed by atoms with E-state index >= 15 is 0 Å². The van der Waals surface area contributed by atoms with Gasteiger partial charge in [0.25, 0.3) is 0 Å². The van der Waals surface area contributed by atoms with Crippen molar-refractivity contribution in [2.24, 2.45) is 4.99 Å². The Bertz CT molecular complexity index is 701. The second-order valence-corrected chi connectivity index (χ2v) is 8.32. The van der Waals surface area contributed by atoms with Crippen molar-refractivity contribution in [3.05, 3.63) is 24.3 Å². The largest absolute Gasteiger partial charge is 0.355 e. The van der Waals surface area contributed by atoms with Crippen molar-refractivity contribution in [2.45, 2.75) is 39.3 Å². The van der Waals surface area contributed by atoms with E-state index in [1.807, 2.05) is 18.4 Å². The van der Waals surface area contributed by atoms with Gasteiger partial charge in [0.15, 0.2) is 15.8 Å². The number of hydrogen-bond acceptors (Lipinski definition) is 5. The number of nitrogens with zero attached hydrogens (tertiary/aromatic N) is 4. The number of nitrogens with one attached hydrogen (secondary N) is 2. The van der Waals surface area contributed by atoms with Gasteiger partial charge in [0, 0.05) is 25.6 Å². The van der Waals surface area contributed by atoms with Crippen molar-refractivity contribution in [3.8, 4) is 0 Å².